The maximum Gasteiger partial charge on any atom is 0.152 e. The molecule has 21 heavy (non-hydrogen) atoms. The van der Waals surface area contributed by atoms with Crippen LogP contribution in [0.2, 0.25) is 0 Å². The van der Waals surface area contributed by atoms with Gasteiger partial charge in [-0.3, -0.25) is 4.98 Å². The molecule has 3 rings (SSSR count). The number of anilines is 1. The number of nitrogen functional groups attached to an aromatic ring is 1. The second kappa shape index (κ2) is 5.68. The fourth-order valence-electron chi connectivity index (χ4n) is 2.70. The van der Waals surface area contributed by atoms with Gasteiger partial charge in [-0.1, -0.05) is 20.3 Å². The average molecular weight is 282 g/mol. The summed E-state index contributed by atoms with van der Waals surface area (Å²) in [5.74, 6) is 1.55. The number of hydrogen-bond acceptors (Lipinski definition) is 4. The summed E-state index contributed by atoms with van der Waals surface area (Å²) in [6.45, 7) is 6.98. The Morgan fingerprint density at radius 2 is 2.14 bits per heavy atom. The van der Waals surface area contributed by atoms with E-state index in [0.29, 0.717) is 5.82 Å². The summed E-state index contributed by atoms with van der Waals surface area (Å²) in [5.41, 5.74) is 9.58. The SMILES string of the molecule is [CH2]CCCn1c(CCC)nc2c(N)nc3cccnc3c21. The highest BCUT2D eigenvalue weighted by Crippen LogP contribution is 2.28. The van der Waals surface area contributed by atoms with Crippen LogP contribution in [0, 0.1) is 6.92 Å². The third-order valence-electron chi connectivity index (χ3n) is 3.65. The molecule has 3 heterocycles. The summed E-state index contributed by atoms with van der Waals surface area (Å²) < 4.78 is 2.25. The first-order valence-electron chi connectivity index (χ1n) is 7.44. The second-order valence-corrected chi connectivity index (χ2v) is 5.20. The number of aryl methyl sites for hydroxylation is 2. The zero-order valence-electron chi connectivity index (χ0n) is 12.3. The molecule has 0 aromatic carbocycles. The minimum atomic E-state index is 0.483. The largest absolute Gasteiger partial charge is 0.382 e. The second-order valence-electron chi connectivity index (χ2n) is 5.20. The molecule has 0 saturated carbocycles. The Morgan fingerprint density at radius 1 is 1.29 bits per heavy atom. The van der Waals surface area contributed by atoms with Crippen LogP contribution in [0.4, 0.5) is 5.82 Å². The van der Waals surface area contributed by atoms with E-state index in [1.807, 2.05) is 12.1 Å². The summed E-state index contributed by atoms with van der Waals surface area (Å²) >= 11 is 0. The fraction of sp³-hybridized carbons (Fsp3) is 0.375. The molecule has 0 aliphatic heterocycles. The number of rotatable bonds is 5. The van der Waals surface area contributed by atoms with E-state index >= 15 is 0 Å². The van der Waals surface area contributed by atoms with Crippen LogP contribution in [0.15, 0.2) is 18.3 Å². The Morgan fingerprint density at radius 3 is 2.90 bits per heavy atom. The number of fused-ring (bicyclic) bond motifs is 3. The van der Waals surface area contributed by atoms with Crippen LogP contribution in [0.25, 0.3) is 22.1 Å². The van der Waals surface area contributed by atoms with Gasteiger partial charge >= 0.3 is 0 Å². The first-order valence-corrected chi connectivity index (χ1v) is 7.44. The van der Waals surface area contributed by atoms with E-state index in [1.54, 1.807) is 6.20 Å². The van der Waals surface area contributed by atoms with Gasteiger partial charge in [0.25, 0.3) is 0 Å². The normalized spacial score (nSPS) is 11.5. The number of aromatic nitrogens is 4. The Labute approximate surface area is 124 Å². The zero-order chi connectivity index (χ0) is 14.8. The zero-order valence-corrected chi connectivity index (χ0v) is 12.3. The van der Waals surface area contributed by atoms with Crippen molar-refractivity contribution in [3.05, 3.63) is 31.1 Å². The van der Waals surface area contributed by atoms with Crippen molar-refractivity contribution in [2.24, 2.45) is 0 Å². The molecule has 0 saturated heterocycles. The Bertz CT molecular complexity index is 775. The van der Waals surface area contributed by atoms with E-state index in [0.717, 1.165) is 60.1 Å². The van der Waals surface area contributed by atoms with E-state index < -0.39 is 0 Å². The van der Waals surface area contributed by atoms with Gasteiger partial charge in [-0.15, -0.1) is 0 Å². The fourth-order valence-corrected chi connectivity index (χ4v) is 2.70. The maximum atomic E-state index is 6.10. The molecule has 0 bridgehead atoms. The highest BCUT2D eigenvalue weighted by Gasteiger charge is 2.17. The van der Waals surface area contributed by atoms with E-state index in [9.17, 15) is 0 Å². The topological polar surface area (TPSA) is 69.6 Å². The lowest BCUT2D eigenvalue weighted by molar-refractivity contribution is 0.625. The lowest BCUT2D eigenvalue weighted by atomic mass is 10.2. The highest BCUT2D eigenvalue weighted by molar-refractivity contribution is 6.04. The van der Waals surface area contributed by atoms with Crippen molar-refractivity contribution in [3.8, 4) is 0 Å². The summed E-state index contributed by atoms with van der Waals surface area (Å²) in [4.78, 5) is 13.6. The van der Waals surface area contributed by atoms with E-state index in [2.05, 4.69) is 28.4 Å². The molecule has 5 nitrogen and oxygen atoms in total. The van der Waals surface area contributed by atoms with Crippen LogP contribution in [-0.2, 0) is 13.0 Å². The van der Waals surface area contributed by atoms with Gasteiger partial charge in [0.1, 0.15) is 22.4 Å². The molecule has 109 valence electrons. The van der Waals surface area contributed by atoms with Crippen molar-refractivity contribution in [1.82, 2.24) is 19.5 Å². The van der Waals surface area contributed by atoms with Crippen molar-refractivity contribution < 1.29 is 0 Å². The molecular weight excluding hydrogens is 262 g/mol. The third-order valence-corrected chi connectivity index (χ3v) is 3.65. The number of hydrogen-bond donors (Lipinski definition) is 1. The van der Waals surface area contributed by atoms with Gasteiger partial charge in [0.15, 0.2) is 5.82 Å². The molecule has 0 amide bonds. The first-order chi connectivity index (χ1) is 10.3. The lowest BCUT2D eigenvalue weighted by Gasteiger charge is -2.09. The van der Waals surface area contributed by atoms with Crippen molar-refractivity contribution in [1.29, 1.82) is 0 Å². The van der Waals surface area contributed by atoms with E-state index in [4.69, 9.17) is 10.7 Å². The van der Waals surface area contributed by atoms with Gasteiger partial charge < -0.3 is 10.3 Å². The number of nitrogens with two attached hydrogens (primary N) is 1. The Hall–Kier alpha value is -2.17. The van der Waals surface area contributed by atoms with Gasteiger partial charge in [0, 0.05) is 19.2 Å². The Balaban J connectivity index is 2.34. The van der Waals surface area contributed by atoms with Crippen LogP contribution in [-0.4, -0.2) is 19.5 Å². The van der Waals surface area contributed by atoms with E-state index in [1.165, 1.54) is 0 Å². The molecule has 5 heteroatoms. The molecule has 0 aliphatic carbocycles. The smallest absolute Gasteiger partial charge is 0.152 e. The van der Waals surface area contributed by atoms with Crippen molar-refractivity contribution in [2.45, 2.75) is 39.2 Å². The molecular formula is C16H20N5. The van der Waals surface area contributed by atoms with Crippen LogP contribution >= 0.6 is 0 Å². The predicted molar refractivity (Wildman–Crippen MR) is 85.8 cm³/mol. The standard InChI is InChI=1S/C16H20N5/c1-3-5-10-21-12(7-4-2)20-14-15(21)13-11(19-16(14)17)8-6-9-18-13/h6,8-9H,1,3-5,7,10H2,2H3,(H2,17,19). The van der Waals surface area contributed by atoms with Gasteiger partial charge in [-0.25, -0.2) is 9.97 Å². The molecule has 0 aliphatic rings. The van der Waals surface area contributed by atoms with Crippen LogP contribution in [0.1, 0.15) is 32.0 Å². The molecule has 0 fully saturated rings. The monoisotopic (exact) mass is 282 g/mol. The molecule has 3 aromatic heterocycles. The van der Waals surface area contributed by atoms with Crippen molar-refractivity contribution in [3.63, 3.8) is 0 Å². The molecule has 0 atom stereocenters. The first kappa shape index (κ1) is 13.8. The van der Waals surface area contributed by atoms with Crippen molar-refractivity contribution >= 4 is 27.9 Å². The van der Waals surface area contributed by atoms with Crippen LogP contribution in [0.3, 0.4) is 0 Å². The third kappa shape index (κ3) is 2.33. The number of imidazole rings is 1. The number of nitrogens with zero attached hydrogens (tertiary/aromatic N) is 4. The number of unbranched alkanes of at least 4 members (excludes halogenated alkanes) is 1. The number of pyridine rings is 2. The summed E-state index contributed by atoms with van der Waals surface area (Å²) in [6.07, 6.45) is 5.68. The van der Waals surface area contributed by atoms with Gasteiger partial charge in [-0.2, -0.15) is 0 Å². The molecule has 3 aromatic rings. The van der Waals surface area contributed by atoms with Crippen LogP contribution < -0.4 is 5.73 Å². The minimum absolute atomic E-state index is 0.483. The quantitative estimate of drug-likeness (QED) is 0.780. The molecule has 0 unspecified atom stereocenters. The molecule has 1 radical (unpaired) electrons. The maximum absolute atomic E-state index is 6.10. The van der Waals surface area contributed by atoms with Crippen LogP contribution in [0.5, 0.6) is 0 Å². The molecule has 2 N–H and O–H groups in total. The Kier molecular flexibility index (Phi) is 3.73. The average Bonchev–Trinajstić information content (AvgIpc) is 2.85. The van der Waals surface area contributed by atoms with Gasteiger partial charge in [0.2, 0.25) is 0 Å². The van der Waals surface area contributed by atoms with Crippen molar-refractivity contribution in [2.75, 3.05) is 5.73 Å². The summed E-state index contributed by atoms with van der Waals surface area (Å²) in [7, 11) is 0. The predicted octanol–water partition coefficient (Wildman–Crippen LogP) is 3.13. The summed E-state index contributed by atoms with van der Waals surface area (Å²) in [5, 5.41) is 0. The highest BCUT2D eigenvalue weighted by atomic mass is 15.1. The van der Waals surface area contributed by atoms with Gasteiger partial charge in [-0.05, 0) is 25.0 Å². The van der Waals surface area contributed by atoms with Gasteiger partial charge in [0.05, 0.1) is 5.52 Å². The lowest BCUT2D eigenvalue weighted by Crippen LogP contribution is -2.04. The summed E-state index contributed by atoms with van der Waals surface area (Å²) in [6, 6.07) is 3.82. The molecule has 0 spiro atoms. The minimum Gasteiger partial charge on any atom is -0.382 e. The van der Waals surface area contributed by atoms with E-state index in [-0.39, 0.29) is 0 Å².